The van der Waals surface area contributed by atoms with E-state index in [0.29, 0.717) is 5.76 Å². The lowest BCUT2D eigenvalue weighted by Gasteiger charge is -2.14. The van der Waals surface area contributed by atoms with Crippen LogP contribution in [0.5, 0.6) is 0 Å². The number of carbonyl (C=O) groups is 3. The second-order valence-electron chi connectivity index (χ2n) is 3.23. The summed E-state index contributed by atoms with van der Waals surface area (Å²) in [6.45, 7) is 0.207. The van der Waals surface area contributed by atoms with Gasteiger partial charge in [-0.3, -0.25) is 9.59 Å². The van der Waals surface area contributed by atoms with Crippen molar-refractivity contribution in [1.29, 1.82) is 0 Å². The molecule has 0 aliphatic rings. The molecule has 0 unspecified atom stereocenters. The summed E-state index contributed by atoms with van der Waals surface area (Å²) >= 11 is 0. The molecule has 16 heavy (non-hydrogen) atoms. The molecule has 0 aromatic carbocycles. The van der Waals surface area contributed by atoms with Crippen LogP contribution in [0.3, 0.4) is 0 Å². The minimum absolute atomic E-state index is 0.207. The molecule has 0 aliphatic heterocycles. The van der Waals surface area contributed by atoms with E-state index in [2.05, 4.69) is 0 Å². The first-order chi connectivity index (χ1) is 7.50. The molecular weight excluding hydrogens is 214 g/mol. The van der Waals surface area contributed by atoms with Gasteiger partial charge in [0.2, 0.25) is 11.7 Å². The Hall–Kier alpha value is -2.11. The number of Topliss-reactive ketones (excluding diaryl/α,β-unsaturated/α-hetero) is 1. The van der Waals surface area contributed by atoms with Crippen LogP contribution in [0, 0.1) is 0 Å². The number of furan rings is 1. The third-order valence-corrected chi connectivity index (χ3v) is 1.95. The lowest BCUT2D eigenvalue weighted by atomic mass is 10.2. The van der Waals surface area contributed by atoms with Gasteiger partial charge in [-0.05, 0) is 12.1 Å². The summed E-state index contributed by atoms with van der Waals surface area (Å²) in [6.07, 6.45) is 0.836. The van der Waals surface area contributed by atoms with Gasteiger partial charge in [0.25, 0.3) is 0 Å². The molecule has 0 saturated carbocycles. The third-order valence-electron chi connectivity index (χ3n) is 1.95. The number of nitrogens with zero attached hydrogens (tertiary/aromatic N) is 1. The van der Waals surface area contributed by atoms with E-state index in [1.54, 1.807) is 12.1 Å². The zero-order valence-electron chi connectivity index (χ0n) is 8.67. The summed E-state index contributed by atoms with van der Waals surface area (Å²) in [4.78, 5) is 33.6. The molecule has 6 nitrogen and oxygen atoms in total. The van der Waals surface area contributed by atoms with Gasteiger partial charge >= 0.3 is 5.97 Å². The Kier molecular flexibility index (Phi) is 3.82. The number of rotatable bonds is 5. The van der Waals surface area contributed by atoms with Gasteiger partial charge < -0.3 is 14.4 Å². The molecule has 1 aromatic rings. The molecule has 1 rings (SSSR count). The number of hydrogen-bond acceptors (Lipinski definition) is 4. The molecule has 1 amide bonds. The first-order valence-electron chi connectivity index (χ1n) is 4.53. The van der Waals surface area contributed by atoms with E-state index >= 15 is 0 Å². The average Bonchev–Trinajstić information content (AvgIpc) is 2.69. The van der Waals surface area contributed by atoms with Gasteiger partial charge in [0.15, 0.2) is 0 Å². The second kappa shape index (κ2) is 5.11. The Morgan fingerprint density at radius 1 is 1.44 bits per heavy atom. The van der Waals surface area contributed by atoms with Crippen molar-refractivity contribution in [1.82, 2.24) is 4.90 Å². The van der Waals surface area contributed by atoms with Crippen LogP contribution in [0.25, 0.3) is 0 Å². The van der Waals surface area contributed by atoms with E-state index in [0.717, 1.165) is 0 Å². The van der Waals surface area contributed by atoms with Crippen LogP contribution >= 0.6 is 0 Å². The maximum absolute atomic E-state index is 11.4. The fourth-order valence-electron chi connectivity index (χ4n) is 1.07. The molecule has 0 atom stereocenters. The van der Waals surface area contributed by atoms with Crippen molar-refractivity contribution < 1.29 is 23.9 Å². The number of ketones is 1. The van der Waals surface area contributed by atoms with Gasteiger partial charge in [-0.1, -0.05) is 0 Å². The first kappa shape index (κ1) is 12.0. The Morgan fingerprint density at radius 3 is 2.62 bits per heavy atom. The number of aliphatic carboxylic acids is 1. The average molecular weight is 225 g/mol. The van der Waals surface area contributed by atoms with E-state index < -0.39 is 24.1 Å². The predicted octanol–water partition coefficient (Wildman–Crippen LogP) is 0.282. The molecule has 0 spiro atoms. The van der Waals surface area contributed by atoms with Gasteiger partial charge in [-0.15, -0.1) is 0 Å². The maximum Gasteiger partial charge on any atom is 0.372 e. The Balaban J connectivity index is 2.48. The highest BCUT2D eigenvalue weighted by molar-refractivity contribution is 6.36. The lowest BCUT2D eigenvalue weighted by Crippen LogP contribution is -2.30. The topological polar surface area (TPSA) is 87.8 Å². The van der Waals surface area contributed by atoms with Crippen LogP contribution in [-0.4, -0.2) is 34.7 Å². The van der Waals surface area contributed by atoms with E-state index in [1.165, 1.54) is 18.2 Å². The zero-order valence-corrected chi connectivity index (χ0v) is 8.67. The fourth-order valence-corrected chi connectivity index (χ4v) is 1.07. The van der Waals surface area contributed by atoms with E-state index in [-0.39, 0.29) is 6.54 Å². The largest absolute Gasteiger partial charge is 0.475 e. The van der Waals surface area contributed by atoms with Gasteiger partial charge in [-0.2, -0.15) is 0 Å². The molecular formula is C10H11NO5. The highest BCUT2D eigenvalue weighted by atomic mass is 16.4. The molecule has 6 heteroatoms. The molecule has 0 aliphatic carbocycles. The summed E-state index contributed by atoms with van der Waals surface area (Å²) in [5, 5.41) is 8.33. The minimum atomic E-state index is -1.60. The van der Waals surface area contributed by atoms with Gasteiger partial charge in [-0.25, -0.2) is 4.79 Å². The summed E-state index contributed by atoms with van der Waals surface area (Å²) in [7, 11) is 1.47. The monoisotopic (exact) mass is 225 g/mol. The summed E-state index contributed by atoms with van der Waals surface area (Å²) in [6, 6.07) is 3.36. The predicted molar refractivity (Wildman–Crippen MR) is 52.4 cm³/mol. The minimum Gasteiger partial charge on any atom is -0.475 e. The highest BCUT2D eigenvalue weighted by Gasteiger charge is 2.19. The van der Waals surface area contributed by atoms with Gasteiger partial charge in [0.1, 0.15) is 5.76 Å². The van der Waals surface area contributed by atoms with Crippen LogP contribution in [0.1, 0.15) is 12.2 Å². The van der Waals surface area contributed by atoms with Crippen LogP contribution in [-0.2, 0) is 20.9 Å². The van der Waals surface area contributed by atoms with Crippen LogP contribution < -0.4 is 0 Å². The molecule has 0 saturated heterocycles. The number of hydrogen-bond donors (Lipinski definition) is 1. The van der Waals surface area contributed by atoms with Crippen LogP contribution in [0.4, 0.5) is 0 Å². The van der Waals surface area contributed by atoms with Crippen LogP contribution in [0.2, 0.25) is 0 Å². The van der Waals surface area contributed by atoms with E-state index in [4.69, 9.17) is 9.52 Å². The molecule has 0 radical (unpaired) electrons. The van der Waals surface area contributed by atoms with E-state index in [1.807, 2.05) is 0 Å². The summed E-state index contributed by atoms with van der Waals surface area (Å²) in [5.41, 5.74) is 0. The Labute approximate surface area is 91.5 Å². The third kappa shape index (κ3) is 3.23. The molecule has 1 N–H and O–H groups in total. The normalized spacial score (nSPS) is 9.81. The van der Waals surface area contributed by atoms with Crippen molar-refractivity contribution in [3.8, 4) is 0 Å². The van der Waals surface area contributed by atoms with Crippen LogP contribution in [0.15, 0.2) is 22.8 Å². The van der Waals surface area contributed by atoms with Crippen molar-refractivity contribution in [3.63, 3.8) is 0 Å². The second-order valence-corrected chi connectivity index (χ2v) is 3.23. The zero-order chi connectivity index (χ0) is 12.1. The molecule has 1 aromatic heterocycles. The molecule has 86 valence electrons. The number of carboxylic acid groups (broad SMARTS) is 1. The highest BCUT2D eigenvalue weighted by Crippen LogP contribution is 2.05. The summed E-state index contributed by atoms with van der Waals surface area (Å²) < 4.78 is 5.01. The van der Waals surface area contributed by atoms with Crippen molar-refractivity contribution >= 4 is 17.7 Å². The van der Waals surface area contributed by atoms with Crippen molar-refractivity contribution in [2.75, 3.05) is 7.05 Å². The Bertz CT molecular complexity index is 395. The Morgan fingerprint density at radius 2 is 2.12 bits per heavy atom. The van der Waals surface area contributed by atoms with Gasteiger partial charge in [0.05, 0.1) is 19.2 Å². The maximum atomic E-state index is 11.4. The molecule has 0 bridgehead atoms. The number of carbonyl (C=O) groups excluding carboxylic acids is 2. The van der Waals surface area contributed by atoms with E-state index in [9.17, 15) is 14.4 Å². The number of amides is 1. The quantitative estimate of drug-likeness (QED) is 0.574. The summed E-state index contributed by atoms with van der Waals surface area (Å²) in [5.74, 6) is -2.70. The van der Waals surface area contributed by atoms with Crippen molar-refractivity contribution in [2.24, 2.45) is 0 Å². The lowest BCUT2D eigenvalue weighted by molar-refractivity contribution is -0.151. The van der Waals surface area contributed by atoms with Crippen molar-refractivity contribution in [2.45, 2.75) is 13.0 Å². The SMILES string of the molecule is CN(Cc1ccco1)C(=O)CC(=O)C(=O)O. The molecule has 1 heterocycles. The fraction of sp³-hybridized carbons (Fsp3) is 0.300. The molecule has 0 fully saturated rings. The smallest absolute Gasteiger partial charge is 0.372 e. The van der Waals surface area contributed by atoms with Crippen molar-refractivity contribution in [3.05, 3.63) is 24.2 Å². The number of carboxylic acids is 1. The first-order valence-corrected chi connectivity index (χ1v) is 4.53. The standard InChI is InChI=1S/C10H11NO5/c1-11(6-7-3-2-4-16-7)9(13)5-8(12)10(14)15/h2-4H,5-6H2,1H3,(H,14,15). The van der Waals surface area contributed by atoms with Gasteiger partial charge in [0, 0.05) is 7.05 Å².